The summed E-state index contributed by atoms with van der Waals surface area (Å²) in [4.78, 5) is 36.9. The molecule has 2 heterocycles. The van der Waals surface area contributed by atoms with Crippen LogP contribution in [-0.2, 0) is 20.0 Å². The van der Waals surface area contributed by atoms with E-state index in [1.54, 1.807) is 0 Å². The number of aromatic nitrogens is 3. The minimum atomic E-state index is -0.195. The first-order valence-electron chi connectivity index (χ1n) is 13.2. The second-order valence-electron chi connectivity index (χ2n) is 12.1. The summed E-state index contributed by atoms with van der Waals surface area (Å²) < 4.78 is 2.12. The molecule has 0 aliphatic heterocycles. The molecule has 7 nitrogen and oxygen atoms in total. The van der Waals surface area contributed by atoms with Crippen LogP contribution in [-0.4, -0.2) is 45.2 Å². The molecule has 0 spiro atoms. The molecule has 1 saturated carbocycles. The fourth-order valence-electron chi connectivity index (χ4n) is 5.80. The number of aryl methyl sites for hydroxylation is 1. The van der Waals surface area contributed by atoms with E-state index in [0.29, 0.717) is 17.7 Å². The lowest BCUT2D eigenvalue weighted by Gasteiger charge is -2.28. The van der Waals surface area contributed by atoms with Gasteiger partial charge in [-0.15, -0.1) is 0 Å². The Bertz CT molecular complexity index is 1330. The number of ketones is 1. The number of amides is 1. The zero-order chi connectivity index (χ0) is 25.8. The van der Waals surface area contributed by atoms with Crippen molar-refractivity contribution in [1.29, 1.82) is 0 Å². The van der Waals surface area contributed by atoms with E-state index in [2.05, 4.69) is 65.9 Å². The van der Waals surface area contributed by atoms with Gasteiger partial charge in [0.1, 0.15) is 11.5 Å². The van der Waals surface area contributed by atoms with E-state index in [9.17, 15) is 9.59 Å². The number of nitrogens with zero attached hydrogens (tertiary/aromatic N) is 3. The monoisotopic (exact) mass is 489 g/mol. The van der Waals surface area contributed by atoms with Crippen molar-refractivity contribution in [3.05, 3.63) is 52.1 Å². The molecule has 1 atom stereocenters. The fraction of sp³-hybridized carbons (Fsp3) is 0.552. The Balaban J connectivity index is 1.45. The van der Waals surface area contributed by atoms with Crippen LogP contribution in [0.1, 0.15) is 95.5 Å². The summed E-state index contributed by atoms with van der Waals surface area (Å²) in [6.45, 7) is 6.96. The van der Waals surface area contributed by atoms with E-state index in [1.165, 1.54) is 18.4 Å². The normalized spacial score (nSPS) is 18.0. The number of carbonyl (C=O) groups excluding carboxylic acids is 2. The Hall–Kier alpha value is -2.93. The summed E-state index contributed by atoms with van der Waals surface area (Å²) in [5.74, 6) is 1.61. The van der Waals surface area contributed by atoms with Gasteiger partial charge in [-0.05, 0) is 74.9 Å². The van der Waals surface area contributed by atoms with Gasteiger partial charge in [0.25, 0.3) is 5.91 Å². The van der Waals surface area contributed by atoms with Gasteiger partial charge in [0.15, 0.2) is 5.78 Å². The van der Waals surface area contributed by atoms with Gasteiger partial charge in [0, 0.05) is 31.3 Å². The number of aromatic amines is 1. The predicted octanol–water partition coefficient (Wildman–Crippen LogP) is 5.09. The van der Waals surface area contributed by atoms with Crippen molar-refractivity contribution in [3.8, 4) is 0 Å². The van der Waals surface area contributed by atoms with Crippen molar-refractivity contribution in [2.45, 2.75) is 71.9 Å². The lowest BCUT2D eigenvalue weighted by molar-refractivity contribution is 0.0908. The Morgan fingerprint density at radius 2 is 2.03 bits per heavy atom. The van der Waals surface area contributed by atoms with Gasteiger partial charge in [0.2, 0.25) is 0 Å². The quantitative estimate of drug-likeness (QED) is 0.462. The smallest absolute Gasteiger partial charge is 0.268 e. The number of fused-ring (bicyclic) bond motifs is 2. The Labute approximate surface area is 213 Å². The third-order valence-corrected chi connectivity index (χ3v) is 7.78. The minimum Gasteiger partial charge on any atom is -0.354 e. The van der Waals surface area contributed by atoms with Gasteiger partial charge in [0.05, 0.1) is 17.1 Å². The summed E-state index contributed by atoms with van der Waals surface area (Å²) in [6, 6.07) is 6.23. The van der Waals surface area contributed by atoms with Gasteiger partial charge in [-0.3, -0.25) is 9.59 Å². The SMILES string of the molecule is Cc1c(C(=O)NC(CCC2CC2)c2nc3cc(CN(C)C)ccc3n2C)[nH]c2c1C(=O)CC(C)(C)C2. The van der Waals surface area contributed by atoms with Crippen LogP contribution in [0.2, 0.25) is 0 Å². The second-order valence-corrected chi connectivity index (χ2v) is 12.1. The van der Waals surface area contributed by atoms with E-state index in [1.807, 2.05) is 14.0 Å². The molecule has 2 aliphatic rings. The highest BCUT2D eigenvalue weighted by atomic mass is 16.2. The Kier molecular flexibility index (Phi) is 6.31. The van der Waals surface area contributed by atoms with Gasteiger partial charge >= 0.3 is 0 Å². The summed E-state index contributed by atoms with van der Waals surface area (Å²) in [5.41, 5.74) is 6.03. The van der Waals surface area contributed by atoms with Crippen molar-refractivity contribution in [2.75, 3.05) is 14.1 Å². The number of rotatable bonds is 8. The minimum absolute atomic E-state index is 0.0968. The molecule has 1 fully saturated rings. The standard InChI is InChI=1S/C29H39N5O2/c1-17-25-22(14-29(2,3)15-24(25)35)30-26(17)28(36)32-20(11-9-18-7-8-18)27-31-21-13-19(16-33(4)5)10-12-23(21)34(27)6/h10,12-13,18,20,30H,7-9,11,14-16H2,1-6H3,(H,32,36). The van der Waals surface area contributed by atoms with Crippen molar-refractivity contribution >= 4 is 22.7 Å². The number of hydrogen-bond donors (Lipinski definition) is 2. The van der Waals surface area contributed by atoms with Crippen LogP contribution in [0.15, 0.2) is 18.2 Å². The van der Waals surface area contributed by atoms with Crippen LogP contribution in [0.4, 0.5) is 0 Å². The third kappa shape index (κ3) is 4.85. The van der Waals surface area contributed by atoms with Gasteiger partial charge in [-0.25, -0.2) is 4.98 Å². The average molecular weight is 490 g/mol. The number of benzene rings is 1. The number of hydrogen-bond acceptors (Lipinski definition) is 4. The first-order chi connectivity index (χ1) is 17.0. The molecular weight excluding hydrogens is 450 g/mol. The van der Waals surface area contributed by atoms with Crippen molar-refractivity contribution in [1.82, 2.24) is 24.8 Å². The number of nitrogens with one attached hydrogen (secondary N) is 2. The fourth-order valence-corrected chi connectivity index (χ4v) is 5.80. The maximum Gasteiger partial charge on any atom is 0.268 e. The van der Waals surface area contributed by atoms with E-state index in [0.717, 1.165) is 59.8 Å². The molecule has 0 saturated heterocycles. The topological polar surface area (TPSA) is 83.0 Å². The van der Waals surface area contributed by atoms with Crippen molar-refractivity contribution in [3.63, 3.8) is 0 Å². The average Bonchev–Trinajstić information content (AvgIpc) is 3.47. The van der Waals surface area contributed by atoms with Crippen LogP contribution >= 0.6 is 0 Å². The highest BCUT2D eigenvalue weighted by molar-refractivity contribution is 6.04. The molecule has 2 aliphatic carbocycles. The van der Waals surface area contributed by atoms with E-state index in [-0.39, 0.29) is 23.1 Å². The molecule has 7 heteroatoms. The number of H-pyrrole nitrogens is 1. The molecule has 1 unspecified atom stereocenters. The van der Waals surface area contributed by atoms with Gasteiger partial charge in [-0.1, -0.05) is 32.8 Å². The number of imidazole rings is 1. The maximum absolute atomic E-state index is 13.6. The van der Waals surface area contributed by atoms with E-state index < -0.39 is 0 Å². The summed E-state index contributed by atoms with van der Waals surface area (Å²) in [5, 5.41) is 3.29. The second kappa shape index (κ2) is 9.18. The van der Waals surface area contributed by atoms with E-state index >= 15 is 0 Å². The van der Waals surface area contributed by atoms with Crippen LogP contribution in [0.5, 0.6) is 0 Å². The zero-order valence-electron chi connectivity index (χ0n) is 22.5. The van der Waals surface area contributed by atoms with Crippen LogP contribution in [0.3, 0.4) is 0 Å². The lowest BCUT2D eigenvalue weighted by Crippen LogP contribution is -2.31. The molecule has 36 heavy (non-hydrogen) atoms. The molecule has 2 aromatic heterocycles. The van der Waals surface area contributed by atoms with Crippen molar-refractivity contribution in [2.24, 2.45) is 18.4 Å². The highest BCUT2D eigenvalue weighted by Gasteiger charge is 2.36. The van der Waals surface area contributed by atoms with Gasteiger partial charge in [-0.2, -0.15) is 0 Å². The Morgan fingerprint density at radius 3 is 2.72 bits per heavy atom. The Morgan fingerprint density at radius 1 is 1.28 bits per heavy atom. The summed E-state index contributed by atoms with van der Waals surface area (Å²) in [7, 11) is 6.16. The molecule has 5 rings (SSSR count). The van der Waals surface area contributed by atoms with Crippen LogP contribution in [0.25, 0.3) is 11.0 Å². The largest absolute Gasteiger partial charge is 0.354 e. The highest BCUT2D eigenvalue weighted by Crippen LogP contribution is 2.38. The molecule has 192 valence electrons. The van der Waals surface area contributed by atoms with Gasteiger partial charge < -0.3 is 19.8 Å². The number of carbonyl (C=O) groups is 2. The predicted molar refractivity (Wildman–Crippen MR) is 142 cm³/mol. The molecular formula is C29H39N5O2. The molecule has 1 aromatic carbocycles. The van der Waals surface area contributed by atoms with Crippen LogP contribution in [0, 0.1) is 18.3 Å². The molecule has 0 bridgehead atoms. The zero-order valence-corrected chi connectivity index (χ0v) is 22.5. The molecule has 0 radical (unpaired) electrons. The first kappa shape index (κ1) is 24.8. The lowest BCUT2D eigenvalue weighted by atomic mass is 9.75. The summed E-state index contributed by atoms with van der Waals surface area (Å²) >= 11 is 0. The first-order valence-corrected chi connectivity index (χ1v) is 13.2. The molecule has 2 N–H and O–H groups in total. The van der Waals surface area contributed by atoms with E-state index in [4.69, 9.17) is 4.98 Å². The molecule has 1 amide bonds. The van der Waals surface area contributed by atoms with Crippen LogP contribution < -0.4 is 5.32 Å². The maximum atomic E-state index is 13.6. The molecule has 3 aromatic rings. The third-order valence-electron chi connectivity index (χ3n) is 7.78. The number of Topliss-reactive ketones (excluding diaryl/α,β-unsaturated/α-hetero) is 1. The van der Waals surface area contributed by atoms with Crippen molar-refractivity contribution < 1.29 is 9.59 Å². The summed E-state index contributed by atoms with van der Waals surface area (Å²) in [6.07, 6.45) is 5.76.